The van der Waals surface area contributed by atoms with Crippen LogP contribution in [-0.2, 0) is 41.6 Å². The molecule has 0 fully saturated rings. The van der Waals surface area contributed by atoms with E-state index in [-0.39, 0.29) is 22.4 Å². The Bertz CT molecular complexity index is 1260. The third-order valence-corrected chi connectivity index (χ3v) is 8.16. The van der Waals surface area contributed by atoms with Gasteiger partial charge in [0.2, 0.25) is 0 Å². The van der Waals surface area contributed by atoms with E-state index in [4.69, 9.17) is 0 Å². The predicted octanol–water partition coefficient (Wildman–Crippen LogP) is 10.3. The molecule has 0 aromatic heterocycles. The van der Waals surface area contributed by atoms with Gasteiger partial charge in [-0.15, -0.1) is 24.7 Å². The first-order chi connectivity index (χ1) is 20.2. The maximum atomic E-state index is 11.5. The second-order valence-corrected chi connectivity index (χ2v) is 13.4. The Balaban J connectivity index is 0.000000541. The van der Waals surface area contributed by atoms with Gasteiger partial charge < -0.3 is 13.9 Å². The van der Waals surface area contributed by atoms with Gasteiger partial charge >= 0.3 is 11.9 Å². The Labute approximate surface area is 281 Å². The van der Waals surface area contributed by atoms with Crippen LogP contribution in [0.4, 0.5) is 37.7 Å². The van der Waals surface area contributed by atoms with Crippen LogP contribution in [0.3, 0.4) is 0 Å². The van der Waals surface area contributed by atoms with Gasteiger partial charge in [-0.25, -0.2) is 8.42 Å². The summed E-state index contributed by atoms with van der Waals surface area (Å²) in [5.41, 5.74) is 2.58. The summed E-state index contributed by atoms with van der Waals surface area (Å²) in [6.07, 6.45) is -0.840. The molecule has 0 amide bonds. The monoisotopic (exact) mass is 866 g/mol. The van der Waals surface area contributed by atoms with Gasteiger partial charge in [0.05, 0.1) is 0 Å². The van der Waals surface area contributed by atoms with Gasteiger partial charge in [-0.1, -0.05) is 104 Å². The zero-order valence-corrected chi connectivity index (χ0v) is 29.7. The number of hydrogen-bond donors (Lipinski definition) is 0. The number of hydrogen-bond acceptors (Lipinski definition) is 7. The smallest absolute Gasteiger partial charge is 0.479 e. The normalized spacial score (nSPS) is 14.0. The Kier molecular flexibility index (Phi) is 15.5. The predicted molar refractivity (Wildman–Crippen MR) is 162 cm³/mol. The Morgan fingerprint density at radius 1 is 0.711 bits per heavy atom. The van der Waals surface area contributed by atoms with Crippen LogP contribution in [-0.4, -0.2) is 20.3 Å². The summed E-state index contributed by atoms with van der Waals surface area (Å²) < 4.78 is 92.7. The fourth-order valence-electron chi connectivity index (χ4n) is 4.39. The summed E-state index contributed by atoms with van der Waals surface area (Å²) in [5.74, 6) is 1.92. The number of anilines is 2. The second-order valence-electron chi connectivity index (χ2n) is 11.1. The van der Waals surface area contributed by atoms with Gasteiger partial charge in [-0.2, -0.15) is 17.5 Å². The molecule has 45 heavy (non-hydrogen) atoms. The first-order valence-electron chi connectivity index (χ1n) is 13.6. The van der Waals surface area contributed by atoms with Crippen molar-refractivity contribution in [1.29, 1.82) is 0 Å². The average molecular weight is 867 g/mol. The van der Waals surface area contributed by atoms with Gasteiger partial charge in [0.1, 0.15) is 0 Å². The Morgan fingerprint density at radius 3 is 1.31 bits per heavy atom. The zero-order valence-electron chi connectivity index (χ0n) is 25.9. The molecule has 16 heteroatoms. The first kappa shape index (κ1) is 41.3. The summed E-state index contributed by atoms with van der Waals surface area (Å²) in [7, 11) is -5.90. The van der Waals surface area contributed by atoms with Gasteiger partial charge in [-0.05, 0) is 58.3 Å². The number of para-hydroxylation sites is 2. The number of benzene rings is 2. The summed E-state index contributed by atoms with van der Waals surface area (Å²) in [6.45, 7) is 20.5. The first-order valence-corrected chi connectivity index (χ1v) is 15.8. The minimum atomic E-state index is -5.90. The van der Waals surface area contributed by atoms with E-state index in [1.165, 1.54) is 33.6 Å². The largest absolute Gasteiger partial charge is 0.550 e. The van der Waals surface area contributed by atoms with Crippen LogP contribution in [0.5, 0.6) is 0 Å². The van der Waals surface area contributed by atoms with Crippen LogP contribution in [0, 0.1) is 6.67 Å². The number of rotatable bonds is 10. The molecule has 7 nitrogen and oxygen atoms in total. The molecule has 2 aromatic rings. The maximum Gasteiger partial charge on any atom is 0.550 e. The fourth-order valence-corrected chi connectivity index (χ4v) is 5.25. The molecule has 1 heterocycles. The van der Waals surface area contributed by atoms with E-state index in [2.05, 4.69) is 130 Å². The summed E-state index contributed by atoms with van der Waals surface area (Å²) >= 11 is -1.01. The van der Waals surface area contributed by atoms with Crippen molar-refractivity contribution in [2.24, 2.45) is 0 Å². The van der Waals surface area contributed by atoms with Gasteiger partial charge in [0, 0.05) is 33.8 Å². The minimum absolute atomic E-state index is 0. The molecule has 0 aliphatic carbocycles. The van der Waals surface area contributed by atoms with E-state index in [0.29, 0.717) is 23.7 Å². The standard InChI is InChI=1S/C27H37N2.C2F6NO4S2.Au/c1-18(2)22-11-9-12-23(19(3)4)26(22)28-15-16-29(17-28)27-24(20(5)6)13-10-14-25(27)21(7)8;3-1(4,5)12-13-14-9-15(10,11)2(6,7)8;/h9-21H,1-8H3;;/q2*-1;. The average Bonchev–Trinajstić information content (AvgIpc) is 3.39. The molecule has 0 bridgehead atoms. The van der Waals surface area contributed by atoms with Crippen LogP contribution < -0.4 is 9.80 Å². The summed E-state index contributed by atoms with van der Waals surface area (Å²) in [6, 6.07) is 13.5. The molecule has 1 aliphatic heterocycles. The van der Waals surface area contributed by atoms with Crippen molar-refractivity contribution in [2.45, 2.75) is 90.9 Å². The van der Waals surface area contributed by atoms with Crippen molar-refractivity contribution in [3.63, 3.8) is 0 Å². The number of alkyl halides is 6. The molecule has 0 saturated heterocycles. The molecule has 1 radical (unpaired) electrons. The zero-order chi connectivity index (χ0) is 33.6. The van der Waals surface area contributed by atoms with Crippen LogP contribution in [0.1, 0.15) is 101 Å². The molecule has 1 aliphatic rings. The third-order valence-electron chi connectivity index (χ3n) is 6.42. The van der Waals surface area contributed by atoms with Gasteiger partial charge in [-0.3, -0.25) is 0 Å². The van der Waals surface area contributed by atoms with Crippen molar-refractivity contribution in [1.82, 2.24) is 0 Å². The summed E-state index contributed by atoms with van der Waals surface area (Å²) in [4.78, 5) is 7.13. The van der Waals surface area contributed by atoms with E-state index < -0.39 is 34.1 Å². The molecular weight excluding hydrogens is 829 g/mol. The van der Waals surface area contributed by atoms with E-state index >= 15 is 0 Å². The van der Waals surface area contributed by atoms with E-state index in [1.54, 1.807) is 4.13 Å². The third kappa shape index (κ3) is 11.5. The van der Waals surface area contributed by atoms with Gasteiger partial charge in [0.15, 0.2) is 10.0 Å². The van der Waals surface area contributed by atoms with Crippen molar-refractivity contribution in [3.8, 4) is 0 Å². The van der Waals surface area contributed by atoms with E-state index in [1.807, 2.05) is 0 Å². The van der Waals surface area contributed by atoms with Crippen molar-refractivity contribution in [2.75, 3.05) is 9.80 Å². The van der Waals surface area contributed by atoms with Crippen molar-refractivity contribution in [3.05, 3.63) is 81.8 Å². The van der Waals surface area contributed by atoms with Crippen molar-refractivity contribution < 1.29 is 66.4 Å². The van der Waals surface area contributed by atoms with Crippen LogP contribution in [0.15, 0.2) is 48.8 Å². The maximum absolute atomic E-state index is 11.5. The second kappa shape index (κ2) is 16.9. The quantitative estimate of drug-likeness (QED) is 0.0344. The molecule has 0 saturated carbocycles. The molecule has 259 valence electrons. The fraction of sp³-hybridized carbons (Fsp3) is 0.483. The molecular formula is C29H37AuF6N3O4S2-2. The SMILES string of the molecule is CC(C)c1cccc(C(C)C)c1N1C=CN(c2c(C(C)C)cccc2C(C)C)[CH-]1.O=S(=O)([N-]SOOC(F)(F)F)C(F)(F)F.[Au]. The molecule has 0 atom stereocenters. The Morgan fingerprint density at radius 2 is 1.04 bits per heavy atom. The van der Waals surface area contributed by atoms with Gasteiger partial charge in [0.25, 0.3) is 0 Å². The Hall–Kier alpha value is -1.72. The number of sulfonamides is 1. The van der Waals surface area contributed by atoms with Crippen molar-refractivity contribution >= 4 is 33.6 Å². The minimum Gasteiger partial charge on any atom is -0.479 e. The molecule has 2 aromatic carbocycles. The van der Waals surface area contributed by atoms with E-state index in [0.717, 1.165) is 0 Å². The molecule has 3 rings (SSSR count). The van der Waals surface area contributed by atoms with Crippen LogP contribution >= 0.6 is 12.2 Å². The number of halogens is 6. The van der Waals surface area contributed by atoms with Crippen LogP contribution in [0.25, 0.3) is 4.13 Å². The van der Waals surface area contributed by atoms with E-state index in [9.17, 15) is 34.8 Å². The topological polar surface area (TPSA) is 73.2 Å². The summed E-state index contributed by atoms with van der Waals surface area (Å²) in [5, 5.41) is 0. The molecule has 0 spiro atoms. The molecule has 0 unspecified atom stereocenters. The number of nitrogens with zero attached hydrogens (tertiary/aromatic N) is 3. The molecule has 0 N–H and O–H groups in total. The van der Waals surface area contributed by atoms with Crippen LogP contribution in [0.2, 0.25) is 0 Å².